The zero-order chi connectivity index (χ0) is 18.5. The van der Waals surface area contributed by atoms with E-state index in [1.54, 1.807) is 18.4 Å². The Bertz CT molecular complexity index is 908. The topological polar surface area (TPSA) is 65.4 Å². The fraction of sp³-hybridized carbons (Fsp3) is 0.235. The Kier molecular flexibility index (Phi) is 5.67. The molecule has 0 spiro atoms. The Morgan fingerprint density at radius 1 is 1.27 bits per heavy atom. The highest BCUT2D eigenvalue weighted by atomic mass is 32.2. The monoisotopic (exact) mass is 378 g/mol. The highest BCUT2D eigenvalue weighted by Gasteiger charge is 2.19. The van der Waals surface area contributed by atoms with E-state index in [1.807, 2.05) is 31.2 Å². The third kappa shape index (κ3) is 4.10. The highest BCUT2D eigenvalue weighted by molar-refractivity contribution is 7.98. The summed E-state index contributed by atoms with van der Waals surface area (Å²) >= 11 is 1.17. The standard InChI is InChI=1S/C17H16F2N4O2S/c1-11-5-3-4-6-14(11)24-10-13-8-7-12(25-13)9-20-23-16(15(18)19)21-22-17(23)26-2/h3-9,15H,10H2,1-2H3/b20-9+. The molecule has 136 valence electrons. The fourth-order valence-electron chi connectivity index (χ4n) is 2.17. The van der Waals surface area contributed by atoms with Gasteiger partial charge in [0.1, 0.15) is 23.9 Å². The van der Waals surface area contributed by atoms with E-state index >= 15 is 0 Å². The molecule has 0 radical (unpaired) electrons. The molecule has 2 heterocycles. The summed E-state index contributed by atoms with van der Waals surface area (Å²) in [4.78, 5) is 0. The number of ether oxygens (including phenoxy) is 1. The summed E-state index contributed by atoms with van der Waals surface area (Å²) in [5.74, 6) is 1.27. The highest BCUT2D eigenvalue weighted by Crippen LogP contribution is 2.22. The van der Waals surface area contributed by atoms with Crippen molar-refractivity contribution in [2.24, 2.45) is 5.10 Å². The van der Waals surface area contributed by atoms with Crippen molar-refractivity contribution >= 4 is 18.0 Å². The van der Waals surface area contributed by atoms with Crippen LogP contribution in [0.3, 0.4) is 0 Å². The van der Waals surface area contributed by atoms with Crippen molar-refractivity contribution in [3.63, 3.8) is 0 Å². The molecule has 2 aromatic heterocycles. The van der Waals surface area contributed by atoms with Gasteiger partial charge in [-0.2, -0.15) is 9.78 Å². The van der Waals surface area contributed by atoms with Crippen molar-refractivity contribution in [1.29, 1.82) is 0 Å². The molecule has 6 nitrogen and oxygen atoms in total. The SMILES string of the molecule is CSc1nnc(C(F)F)n1/N=C/c1ccc(COc2ccccc2C)o1. The van der Waals surface area contributed by atoms with Gasteiger partial charge in [-0.05, 0) is 36.9 Å². The Balaban J connectivity index is 1.70. The fourth-order valence-corrected chi connectivity index (χ4v) is 2.61. The zero-order valence-electron chi connectivity index (χ0n) is 14.1. The minimum absolute atomic E-state index is 0.254. The first-order chi connectivity index (χ1) is 12.6. The molecule has 0 aliphatic rings. The average molecular weight is 378 g/mol. The Morgan fingerprint density at radius 3 is 2.81 bits per heavy atom. The summed E-state index contributed by atoms with van der Waals surface area (Å²) < 4.78 is 38.2. The van der Waals surface area contributed by atoms with Crippen LogP contribution in [0.4, 0.5) is 8.78 Å². The molecule has 26 heavy (non-hydrogen) atoms. The van der Waals surface area contributed by atoms with Crippen molar-refractivity contribution in [1.82, 2.24) is 14.9 Å². The summed E-state index contributed by atoms with van der Waals surface area (Å²) in [6.45, 7) is 2.21. The molecule has 0 atom stereocenters. The number of halogens is 2. The van der Waals surface area contributed by atoms with Crippen molar-refractivity contribution in [2.75, 3.05) is 6.26 Å². The normalized spacial score (nSPS) is 11.6. The van der Waals surface area contributed by atoms with Gasteiger partial charge in [-0.1, -0.05) is 30.0 Å². The lowest BCUT2D eigenvalue weighted by Crippen LogP contribution is -2.00. The molecule has 1 aromatic carbocycles. The first-order valence-electron chi connectivity index (χ1n) is 7.67. The van der Waals surface area contributed by atoms with Crippen molar-refractivity contribution in [3.8, 4) is 5.75 Å². The van der Waals surface area contributed by atoms with Gasteiger partial charge in [0.05, 0.1) is 6.21 Å². The van der Waals surface area contributed by atoms with Crippen LogP contribution < -0.4 is 4.74 Å². The molecule has 9 heteroatoms. The van der Waals surface area contributed by atoms with E-state index in [2.05, 4.69) is 15.3 Å². The van der Waals surface area contributed by atoms with Gasteiger partial charge >= 0.3 is 0 Å². The van der Waals surface area contributed by atoms with Gasteiger partial charge < -0.3 is 9.15 Å². The van der Waals surface area contributed by atoms with Crippen molar-refractivity contribution in [2.45, 2.75) is 25.1 Å². The molecule has 0 unspecified atom stereocenters. The largest absolute Gasteiger partial charge is 0.485 e. The van der Waals surface area contributed by atoms with Gasteiger partial charge in [0.15, 0.2) is 0 Å². The first-order valence-corrected chi connectivity index (χ1v) is 8.90. The lowest BCUT2D eigenvalue weighted by molar-refractivity contribution is 0.135. The number of benzene rings is 1. The van der Waals surface area contributed by atoms with Crippen LogP contribution in [0, 0.1) is 6.92 Å². The second-order valence-electron chi connectivity index (χ2n) is 5.26. The second-order valence-corrected chi connectivity index (χ2v) is 6.03. The van der Waals surface area contributed by atoms with Crippen LogP contribution in [0.5, 0.6) is 5.75 Å². The van der Waals surface area contributed by atoms with Gasteiger partial charge in [0.25, 0.3) is 6.43 Å². The van der Waals surface area contributed by atoms with Gasteiger partial charge in [-0.3, -0.25) is 0 Å². The number of alkyl halides is 2. The third-order valence-corrected chi connectivity index (χ3v) is 4.08. The second kappa shape index (κ2) is 8.13. The molecule has 3 aromatic rings. The number of hydrogen-bond donors (Lipinski definition) is 0. The number of thioether (sulfide) groups is 1. The van der Waals surface area contributed by atoms with Gasteiger partial charge in [-0.25, -0.2) is 8.78 Å². The maximum atomic E-state index is 13.0. The molecule has 3 rings (SSSR count). The average Bonchev–Trinajstić information content (AvgIpc) is 3.25. The van der Waals surface area contributed by atoms with E-state index in [0.29, 0.717) is 11.5 Å². The van der Waals surface area contributed by atoms with Gasteiger partial charge in [-0.15, -0.1) is 10.2 Å². The number of aromatic nitrogens is 3. The zero-order valence-corrected chi connectivity index (χ0v) is 14.9. The van der Waals surface area contributed by atoms with Gasteiger partial charge in [0.2, 0.25) is 11.0 Å². The van der Waals surface area contributed by atoms with Crippen LogP contribution in [0.15, 0.2) is 51.1 Å². The van der Waals surface area contributed by atoms with E-state index in [4.69, 9.17) is 9.15 Å². The predicted molar refractivity (Wildman–Crippen MR) is 94.0 cm³/mol. The smallest absolute Gasteiger partial charge is 0.299 e. The first kappa shape index (κ1) is 18.1. The van der Waals surface area contributed by atoms with E-state index in [9.17, 15) is 8.78 Å². The van der Waals surface area contributed by atoms with Crippen molar-refractivity contribution in [3.05, 3.63) is 59.3 Å². The minimum atomic E-state index is -2.77. The van der Waals surface area contributed by atoms with Gasteiger partial charge in [0, 0.05) is 0 Å². The number of rotatable bonds is 7. The quantitative estimate of drug-likeness (QED) is 0.453. The summed E-state index contributed by atoms with van der Waals surface area (Å²) in [5, 5.41) is 11.4. The van der Waals surface area contributed by atoms with Crippen LogP contribution in [-0.4, -0.2) is 27.3 Å². The van der Waals surface area contributed by atoms with Crippen LogP contribution in [-0.2, 0) is 6.61 Å². The number of furan rings is 1. The molecule has 0 aliphatic heterocycles. The van der Waals surface area contributed by atoms with E-state index in [1.165, 1.54) is 18.0 Å². The summed E-state index contributed by atoms with van der Waals surface area (Å²) in [5.41, 5.74) is 1.03. The molecule has 0 saturated carbocycles. The molecule has 0 fully saturated rings. The number of nitrogens with zero attached hydrogens (tertiary/aromatic N) is 4. The number of aryl methyl sites for hydroxylation is 1. The molecule has 0 N–H and O–H groups in total. The van der Waals surface area contributed by atoms with E-state index < -0.39 is 12.2 Å². The summed E-state index contributed by atoms with van der Waals surface area (Å²) in [7, 11) is 0. The molecular formula is C17H16F2N4O2S. The van der Waals surface area contributed by atoms with Crippen LogP contribution in [0.2, 0.25) is 0 Å². The van der Waals surface area contributed by atoms with Crippen LogP contribution in [0.25, 0.3) is 0 Å². The van der Waals surface area contributed by atoms with E-state index in [0.717, 1.165) is 16.0 Å². The molecule has 0 saturated heterocycles. The minimum Gasteiger partial charge on any atom is -0.485 e. The van der Waals surface area contributed by atoms with Crippen LogP contribution >= 0.6 is 11.8 Å². The lowest BCUT2D eigenvalue weighted by atomic mass is 10.2. The lowest BCUT2D eigenvalue weighted by Gasteiger charge is -2.06. The predicted octanol–water partition coefficient (Wildman–Crippen LogP) is 4.30. The number of para-hydroxylation sites is 1. The Hall–Kier alpha value is -2.68. The molecule has 0 bridgehead atoms. The molecule has 0 amide bonds. The molecule has 0 aliphatic carbocycles. The summed E-state index contributed by atoms with van der Waals surface area (Å²) in [6, 6.07) is 11.1. The third-order valence-electron chi connectivity index (χ3n) is 3.46. The van der Waals surface area contributed by atoms with E-state index in [-0.39, 0.29) is 11.8 Å². The molecular weight excluding hydrogens is 362 g/mol. The Labute approximate surface area is 152 Å². The van der Waals surface area contributed by atoms with Crippen molar-refractivity contribution < 1.29 is 17.9 Å². The number of hydrogen-bond acceptors (Lipinski definition) is 6. The van der Waals surface area contributed by atoms with Crippen LogP contribution in [0.1, 0.15) is 29.3 Å². The Morgan fingerprint density at radius 2 is 2.08 bits per heavy atom. The maximum Gasteiger partial charge on any atom is 0.299 e. The maximum absolute atomic E-state index is 13.0. The summed E-state index contributed by atoms with van der Waals surface area (Å²) in [6.07, 6.45) is 0.279.